The first-order valence-electron chi connectivity index (χ1n) is 8.28. The van der Waals surface area contributed by atoms with Crippen molar-refractivity contribution in [1.29, 1.82) is 0 Å². The van der Waals surface area contributed by atoms with Gasteiger partial charge in [0.05, 0.1) is 17.1 Å². The largest absolute Gasteiger partial charge is 0.282 e. The number of halogens is 2. The van der Waals surface area contributed by atoms with Crippen molar-refractivity contribution in [1.82, 2.24) is 4.98 Å². The normalized spacial score (nSPS) is 16.8. The van der Waals surface area contributed by atoms with Crippen molar-refractivity contribution < 1.29 is 4.79 Å². The number of rotatable bonds is 4. The second-order valence-corrected chi connectivity index (χ2v) is 8.20. The molecule has 2 aromatic carbocycles. The Bertz CT molecular complexity index is 1100. The molecule has 0 aliphatic carbocycles. The van der Waals surface area contributed by atoms with E-state index in [2.05, 4.69) is 36.2 Å². The Labute approximate surface area is 178 Å². The summed E-state index contributed by atoms with van der Waals surface area (Å²) in [6.07, 6.45) is 0. The van der Waals surface area contributed by atoms with E-state index in [4.69, 9.17) is 11.6 Å². The molecule has 6 nitrogen and oxygen atoms in total. The molecule has 0 saturated heterocycles. The van der Waals surface area contributed by atoms with Gasteiger partial charge in [0.2, 0.25) is 5.13 Å². The number of amides is 1. The minimum atomic E-state index is -0.765. The molecule has 0 fully saturated rings. The number of azo groups is 1. The van der Waals surface area contributed by atoms with Crippen molar-refractivity contribution in [2.45, 2.75) is 13.0 Å². The van der Waals surface area contributed by atoms with Crippen molar-refractivity contribution in [2.75, 3.05) is 5.01 Å². The molecular weight excluding hydrogens is 462 g/mol. The lowest BCUT2D eigenvalue weighted by molar-refractivity contribution is -0.117. The van der Waals surface area contributed by atoms with Crippen molar-refractivity contribution in [3.05, 3.63) is 63.4 Å². The van der Waals surface area contributed by atoms with Gasteiger partial charge in [-0.3, -0.25) is 4.79 Å². The van der Waals surface area contributed by atoms with Crippen LogP contribution >= 0.6 is 38.9 Å². The third-order valence-electron chi connectivity index (χ3n) is 4.01. The Morgan fingerprint density at radius 2 is 2.00 bits per heavy atom. The molecule has 1 atom stereocenters. The maximum Gasteiger partial charge on any atom is 0.282 e. The number of carbonyl (C=O) groups is 1. The molecule has 1 amide bonds. The number of thiazole rings is 1. The minimum Gasteiger partial charge on any atom is -0.269 e. The zero-order valence-corrected chi connectivity index (χ0v) is 17.7. The molecule has 1 aliphatic heterocycles. The van der Waals surface area contributed by atoms with Crippen LogP contribution in [-0.2, 0) is 4.79 Å². The van der Waals surface area contributed by atoms with Gasteiger partial charge in [-0.25, -0.2) is 4.98 Å². The van der Waals surface area contributed by atoms with Gasteiger partial charge in [0.15, 0.2) is 6.04 Å². The van der Waals surface area contributed by atoms with Gasteiger partial charge in [0.25, 0.3) is 5.91 Å². The monoisotopic (exact) mass is 473 g/mol. The fourth-order valence-corrected chi connectivity index (χ4v) is 3.84. The maximum atomic E-state index is 12.8. The topological polar surface area (TPSA) is 70.3 Å². The smallest absolute Gasteiger partial charge is 0.269 e. The zero-order valence-electron chi connectivity index (χ0n) is 14.6. The molecule has 0 bridgehead atoms. The summed E-state index contributed by atoms with van der Waals surface area (Å²) in [6.45, 7) is 1.75. The molecular formula is C19H13BrClN5OS. The lowest BCUT2D eigenvalue weighted by atomic mass is 10.2. The summed E-state index contributed by atoms with van der Waals surface area (Å²) in [7, 11) is 0. The van der Waals surface area contributed by atoms with E-state index < -0.39 is 6.04 Å². The van der Waals surface area contributed by atoms with Crippen LogP contribution in [0.25, 0.3) is 11.3 Å². The highest BCUT2D eigenvalue weighted by atomic mass is 79.9. The fourth-order valence-electron chi connectivity index (χ4n) is 2.60. The highest BCUT2D eigenvalue weighted by molar-refractivity contribution is 9.10. The van der Waals surface area contributed by atoms with Gasteiger partial charge in [-0.1, -0.05) is 45.7 Å². The van der Waals surface area contributed by atoms with Crippen LogP contribution in [0.1, 0.15) is 6.92 Å². The summed E-state index contributed by atoms with van der Waals surface area (Å²) in [5.41, 5.74) is 2.90. The molecule has 0 saturated carbocycles. The van der Waals surface area contributed by atoms with E-state index in [0.29, 0.717) is 21.6 Å². The molecule has 0 radical (unpaired) electrons. The first-order chi connectivity index (χ1) is 13.5. The van der Waals surface area contributed by atoms with E-state index in [1.807, 2.05) is 29.6 Å². The fraction of sp³-hybridized carbons (Fsp3) is 0.105. The average molecular weight is 475 g/mol. The van der Waals surface area contributed by atoms with Gasteiger partial charge in [-0.15, -0.1) is 11.3 Å². The van der Waals surface area contributed by atoms with Gasteiger partial charge in [-0.2, -0.15) is 20.3 Å². The molecule has 1 aliphatic rings. The molecule has 140 valence electrons. The lowest BCUT2D eigenvalue weighted by Crippen LogP contribution is -2.29. The Kier molecular flexibility index (Phi) is 5.34. The molecule has 0 unspecified atom stereocenters. The van der Waals surface area contributed by atoms with Gasteiger partial charge >= 0.3 is 0 Å². The summed E-state index contributed by atoms with van der Waals surface area (Å²) in [5, 5.41) is 16.9. The summed E-state index contributed by atoms with van der Waals surface area (Å²) >= 11 is 10.7. The van der Waals surface area contributed by atoms with Crippen molar-refractivity contribution in [3.63, 3.8) is 0 Å². The molecule has 1 aromatic heterocycles. The van der Waals surface area contributed by atoms with Crippen molar-refractivity contribution in [3.8, 4) is 11.3 Å². The Morgan fingerprint density at radius 1 is 1.21 bits per heavy atom. The third-order valence-corrected chi connectivity index (χ3v) is 5.59. The third kappa shape index (κ3) is 3.89. The first kappa shape index (κ1) is 18.9. The number of hydrogen-bond acceptors (Lipinski definition) is 6. The SMILES string of the molecule is CC1=NN(c2nc(-c3ccc(Br)cc3)cs2)C(=O)[C@@H]1N=Nc1cccc(Cl)c1. The second-order valence-electron chi connectivity index (χ2n) is 6.01. The predicted molar refractivity (Wildman–Crippen MR) is 116 cm³/mol. The average Bonchev–Trinajstić information content (AvgIpc) is 3.26. The molecule has 0 N–H and O–H groups in total. The van der Waals surface area contributed by atoms with Crippen LogP contribution in [0.5, 0.6) is 0 Å². The highest BCUT2D eigenvalue weighted by Crippen LogP contribution is 2.31. The van der Waals surface area contributed by atoms with Crippen molar-refractivity contribution >= 4 is 61.3 Å². The molecule has 2 heterocycles. The number of hydrogen-bond donors (Lipinski definition) is 0. The zero-order chi connectivity index (χ0) is 19.7. The number of nitrogens with zero attached hydrogens (tertiary/aromatic N) is 5. The number of carbonyl (C=O) groups excluding carboxylic acids is 1. The summed E-state index contributed by atoms with van der Waals surface area (Å²) in [5.74, 6) is -0.278. The second kappa shape index (κ2) is 7.90. The van der Waals surface area contributed by atoms with Crippen LogP contribution in [0.15, 0.2) is 73.7 Å². The predicted octanol–water partition coefficient (Wildman–Crippen LogP) is 6.10. The van der Waals surface area contributed by atoms with E-state index in [9.17, 15) is 4.79 Å². The number of anilines is 1. The minimum absolute atomic E-state index is 0.278. The summed E-state index contributed by atoms with van der Waals surface area (Å²) < 4.78 is 0.995. The molecule has 28 heavy (non-hydrogen) atoms. The van der Waals surface area contributed by atoms with Gasteiger partial charge in [0.1, 0.15) is 0 Å². The van der Waals surface area contributed by atoms with Gasteiger partial charge in [0, 0.05) is 20.4 Å². The molecule has 0 spiro atoms. The molecule has 4 rings (SSSR count). The van der Waals surface area contributed by atoms with E-state index in [-0.39, 0.29) is 5.91 Å². The Hall–Kier alpha value is -2.42. The van der Waals surface area contributed by atoms with Crippen LogP contribution in [-0.4, -0.2) is 22.6 Å². The molecule has 9 heteroatoms. The number of hydrazone groups is 1. The van der Waals surface area contributed by atoms with Gasteiger partial charge in [-0.05, 0) is 37.3 Å². The number of aromatic nitrogens is 1. The summed E-state index contributed by atoms with van der Waals surface area (Å²) in [4.78, 5) is 17.3. The Morgan fingerprint density at radius 3 is 2.75 bits per heavy atom. The Balaban J connectivity index is 1.54. The van der Waals surface area contributed by atoms with E-state index in [1.165, 1.54) is 16.3 Å². The maximum absolute atomic E-state index is 12.8. The molecule has 3 aromatic rings. The van der Waals surface area contributed by atoms with Crippen LogP contribution < -0.4 is 5.01 Å². The highest BCUT2D eigenvalue weighted by Gasteiger charge is 2.36. The summed E-state index contributed by atoms with van der Waals surface area (Å²) in [6, 6.07) is 14.0. The van der Waals surface area contributed by atoms with Crippen LogP contribution in [0.4, 0.5) is 10.8 Å². The quantitative estimate of drug-likeness (QED) is 0.429. The van der Waals surface area contributed by atoms with Crippen LogP contribution in [0.3, 0.4) is 0 Å². The lowest BCUT2D eigenvalue weighted by Gasteiger charge is -2.08. The van der Waals surface area contributed by atoms with Crippen LogP contribution in [0, 0.1) is 0 Å². The van der Waals surface area contributed by atoms with Gasteiger partial charge < -0.3 is 0 Å². The first-order valence-corrected chi connectivity index (χ1v) is 10.3. The standard InChI is InChI=1S/C19H13BrClN5OS/c1-11-17(24-23-15-4-2-3-14(21)9-15)18(27)26(25-11)19-22-16(10-28-19)12-5-7-13(20)8-6-12/h2-10,17H,1H3/t17-/m1/s1. The van der Waals surface area contributed by atoms with Crippen molar-refractivity contribution in [2.24, 2.45) is 15.3 Å². The van der Waals surface area contributed by atoms with Crippen LogP contribution in [0.2, 0.25) is 5.02 Å². The van der Waals surface area contributed by atoms with E-state index in [0.717, 1.165) is 15.7 Å². The van der Waals surface area contributed by atoms with E-state index >= 15 is 0 Å². The van der Waals surface area contributed by atoms with E-state index in [1.54, 1.807) is 31.2 Å². The number of benzene rings is 2.